The molecule has 1 aromatic heterocycles. The average molecular weight is 331 g/mol. The lowest BCUT2D eigenvalue weighted by molar-refractivity contribution is -0.151. The van der Waals surface area contributed by atoms with Gasteiger partial charge in [-0.25, -0.2) is 8.42 Å². The molecular weight excluding hydrogens is 314 g/mol. The molecular formula is C12H17N3O6S. The molecule has 2 heterocycles. The van der Waals surface area contributed by atoms with Crippen LogP contribution in [0.25, 0.3) is 0 Å². The Morgan fingerprint density at radius 3 is 2.68 bits per heavy atom. The molecule has 1 saturated heterocycles. The van der Waals surface area contributed by atoms with Crippen molar-refractivity contribution in [1.82, 2.24) is 9.46 Å². The summed E-state index contributed by atoms with van der Waals surface area (Å²) in [5.41, 5.74) is 5.14. The molecule has 1 amide bonds. The van der Waals surface area contributed by atoms with Crippen molar-refractivity contribution in [3.8, 4) is 0 Å². The van der Waals surface area contributed by atoms with Crippen LogP contribution in [0, 0.1) is 13.8 Å². The molecule has 2 N–H and O–H groups in total. The lowest BCUT2D eigenvalue weighted by Crippen LogP contribution is -2.42. The molecule has 1 aliphatic rings. The summed E-state index contributed by atoms with van der Waals surface area (Å²) in [5.74, 6) is -1.42. The zero-order valence-corrected chi connectivity index (χ0v) is 13.1. The Labute approximate surface area is 127 Å². The lowest BCUT2D eigenvalue weighted by atomic mass is 10.2. The fourth-order valence-corrected chi connectivity index (χ4v) is 4.40. The lowest BCUT2D eigenvalue weighted by Gasteiger charge is -2.22. The van der Waals surface area contributed by atoms with Crippen LogP contribution in [0.2, 0.25) is 0 Å². The number of hydrogen-bond acceptors (Lipinski definition) is 7. The molecule has 10 heteroatoms. The van der Waals surface area contributed by atoms with Gasteiger partial charge in [-0.05, 0) is 26.7 Å². The van der Waals surface area contributed by atoms with Crippen molar-refractivity contribution in [2.24, 2.45) is 5.73 Å². The van der Waals surface area contributed by atoms with E-state index >= 15 is 0 Å². The van der Waals surface area contributed by atoms with Crippen molar-refractivity contribution in [3.63, 3.8) is 0 Å². The number of nitrogens with zero attached hydrogens (tertiary/aromatic N) is 2. The second kappa shape index (κ2) is 6.05. The number of sulfonamides is 1. The minimum Gasteiger partial charge on any atom is -0.454 e. The molecule has 122 valence electrons. The molecule has 0 spiro atoms. The van der Waals surface area contributed by atoms with E-state index in [2.05, 4.69) is 5.16 Å². The van der Waals surface area contributed by atoms with Crippen molar-refractivity contribution in [2.45, 2.75) is 37.6 Å². The molecule has 0 aromatic carbocycles. The van der Waals surface area contributed by atoms with E-state index in [1.165, 1.54) is 13.8 Å². The predicted molar refractivity (Wildman–Crippen MR) is 73.0 cm³/mol. The van der Waals surface area contributed by atoms with E-state index in [0.717, 1.165) is 4.31 Å². The van der Waals surface area contributed by atoms with Crippen molar-refractivity contribution in [2.75, 3.05) is 13.2 Å². The summed E-state index contributed by atoms with van der Waals surface area (Å²) >= 11 is 0. The van der Waals surface area contributed by atoms with Gasteiger partial charge in [0.2, 0.25) is 10.0 Å². The van der Waals surface area contributed by atoms with E-state index in [1.807, 2.05) is 0 Å². The Bertz CT molecular complexity index is 676. The molecule has 1 atom stereocenters. The summed E-state index contributed by atoms with van der Waals surface area (Å²) in [6.45, 7) is 2.61. The maximum absolute atomic E-state index is 12.7. The van der Waals surface area contributed by atoms with Crippen LogP contribution in [0.1, 0.15) is 24.3 Å². The summed E-state index contributed by atoms with van der Waals surface area (Å²) in [4.78, 5) is 22.6. The number of aromatic nitrogens is 1. The third kappa shape index (κ3) is 2.97. The fourth-order valence-electron chi connectivity index (χ4n) is 2.46. The third-order valence-corrected chi connectivity index (χ3v) is 5.52. The van der Waals surface area contributed by atoms with Gasteiger partial charge in [-0.2, -0.15) is 4.31 Å². The number of esters is 1. The monoisotopic (exact) mass is 331 g/mol. The molecule has 1 fully saturated rings. The largest absolute Gasteiger partial charge is 0.454 e. The standard InChI is InChI=1S/C12H17N3O6S/c1-7-11(8(2)21-14-7)22(18,19)15-5-3-4-9(15)12(17)20-6-10(13)16/h9H,3-6H2,1-2H3,(H2,13,16)/t9-/m0/s1. The Morgan fingerprint density at radius 2 is 2.14 bits per heavy atom. The van der Waals surface area contributed by atoms with Gasteiger partial charge in [-0.15, -0.1) is 0 Å². The first-order chi connectivity index (χ1) is 10.2. The van der Waals surface area contributed by atoms with Crippen LogP contribution in [0.5, 0.6) is 0 Å². The number of hydrogen-bond donors (Lipinski definition) is 1. The number of ether oxygens (including phenoxy) is 1. The van der Waals surface area contributed by atoms with Crippen LogP contribution in [0.3, 0.4) is 0 Å². The van der Waals surface area contributed by atoms with E-state index in [4.69, 9.17) is 15.0 Å². The van der Waals surface area contributed by atoms with Crippen molar-refractivity contribution >= 4 is 21.9 Å². The van der Waals surface area contributed by atoms with Crippen molar-refractivity contribution in [1.29, 1.82) is 0 Å². The highest BCUT2D eigenvalue weighted by Gasteiger charge is 2.42. The average Bonchev–Trinajstić information content (AvgIpc) is 3.03. The molecule has 2 rings (SSSR count). The maximum Gasteiger partial charge on any atom is 0.324 e. The summed E-state index contributed by atoms with van der Waals surface area (Å²) in [6, 6.07) is -0.974. The SMILES string of the molecule is Cc1noc(C)c1S(=O)(=O)N1CCC[C@H]1C(=O)OCC(N)=O. The number of amides is 1. The van der Waals surface area contributed by atoms with Gasteiger partial charge in [0.05, 0.1) is 0 Å². The van der Waals surface area contributed by atoms with E-state index in [1.54, 1.807) is 0 Å². The molecule has 0 saturated carbocycles. The van der Waals surface area contributed by atoms with Gasteiger partial charge in [0.15, 0.2) is 12.4 Å². The van der Waals surface area contributed by atoms with E-state index < -0.39 is 34.5 Å². The number of carbonyl (C=O) groups excluding carboxylic acids is 2. The van der Waals surface area contributed by atoms with E-state index in [-0.39, 0.29) is 22.9 Å². The minimum absolute atomic E-state index is 0.0397. The molecule has 1 aliphatic heterocycles. The van der Waals surface area contributed by atoms with Gasteiger partial charge in [-0.3, -0.25) is 9.59 Å². The maximum atomic E-state index is 12.7. The Hall–Kier alpha value is -1.94. The smallest absolute Gasteiger partial charge is 0.324 e. The summed E-state index contributed by atoms with van der Waals surface area (Å²) in [5, 5.41) is 3.63. The van der Waals surface area contributed by atoms with Crippen LogP contribution < -0.4 is 5.73 Å². The zero-order chi connectivity index (χ0) is 16.5. The van der Waals surface area contributed by atoms with Crippen molar-refractivity contribution < 1.29 is 27.3 Å². The fraction of sp³-hybridized carbons (Fsp3) is 0.583. The van der Waals surface area contributed by atoms with Gasteiger partial charge < -0.3 is 15.0 Å². The normalized spacial score (nSPS) is 19.3. The van der Waals surface area contributed by atoms with E-state index in [0.29, 0.717) is 12.8 Å². The van der Waals surface area contributed by atoms with Gasteiger partial charge in [0, 0.05) is 6.54 Å². The summed E-state index contributed by atoms with van der Waals surface area (Å²) < 4.78 is 36.1. The molecule has 22 heavy (non-hydrogen) atoms. The molecule has 0 radical (unpaired) electrons. The number of primary amides is 1. The molecule has 0 bridgehead atoms. The van der Waals surface area contributed by atoms with Crippen LogP contribution in [0.4, 0.5) is 0 Å². The van der Waals surface area contributed by atoms with Crippen LogP contribution in [-0.2, 0) is 24.3 Å². The Balaban J connectivity index is 2.27. The van der Waals surface area contributed by atoms with Gasteiger partial charge in [0.1, 0.15) is 16.6 Å². The summed E-state index contributed by atoms with van der Waals surface area (Å²) in [7, 11) is -3.93. The zero-order valence-electron chi connectivity index (χ0n) is 12.2. The number of carbonyl (C=O) groups is 2. The number of aryl methyl sites for hydroxylation is 2. The Morgan fingerprint density at radius 1 is 1.45 bits per heavy atom. The predicted octanol–water partition coefficient (Wildman–Crippen LogP) is -0.527. The second-order valence-electron chi connectivity index (χ2n) is 5.00. The van der Waals surface area contributed by atoms with Gasteiger partial charge in [0.25, 0.3) is 5.91 Å². The van der Waals surface area contributed by atoms with Crippen LogP contribution in [0.15, 0.2) is 9.42 Å². The highest BCUT2D eigenvalue weighted by molar-refractivity contribution is 7.89. The third-order valence-electron chi connectivity index (χ3n) is 3.37. The second-order valence-corrected chi connectivity index (χ2v) is 6.83. The highest BCUT2D eigenvalue weighted by atomic mass is 32.2. The van der Waals surface area contributed by atoms with Gasteiger partial charge >= 0.3 is 5.97 Å². The first kappa shape index (κ1) is 16.4. The summed E-state index contributed by atoms with van der Waals surface area (Å²) in [6.07, 6.45) is 0.832. The first-order valence-corrected chi connectivity index (χ1v) is 8.09. The molecule has 0 unspecified atom stereocenters. The first-order valence-electron chi connectivity index (χ1n) is 6.64. The highest BCUT2D eigenvalue weighted by Crippen LogP contribution is 2.30. The molecule has 0 aliphatic carbocycles. The molecule has 1 aromatic rings. The minimum atomic E-state index is -3.93. The van der Waals surface area contributed by atoms with Crippen molar-refractivity contribution in [3.05, 3.63) is 11.5 Å². The quantitative estimate of drug-likeness (QED) is 0.717. The topological polar surface area (TPSA) is 133 Å². The molecule has 9 nitrogen and oxygen atoms in total. The van der Waals surface area contributed by atoms with Crippen LogP contribution in [-0.4, -0.2) is 48.9 Å². The Kier molecular flexibility index (Phi) is 4.52. The number of nitrogens with two attached hydrogens (primary N) is 1. The van der Waals surface area contributed by atoms with E-state index in [9.17, 15) is 18.0 Å². The number of rotatable bonds is 5. The van der Waals surface area contributed by atoms with Gasteiger partial charge in [-0.1, -0.05) is 5.16 Å². The van der Waals surface area contributed by atoms with Crippen LogP contribution >= 0.6 is 0 Å².